The number of unbranched alkanes of at least 4 members (excludes halogenated alkanes) is 2. The van der Waals surface area contributed by atoms with Gasteiger partial charge >= 0.3 is 5.97 Å². The molecule has 1 heterocycles. The summed E-state index contributed by atoms with van der Waals surface area (Å²) in [5, 5.41) is 9.90. The highest BCUT2D eigenvalue weighted by atomic mass is 16.5. The monoisotopic (exact) mass is 468 g/mol. The molecule has 0 saturated heterocycles. The smallest absolute Gasteiger partial charge is 0.343 e. The standard InChI is InChI=1S/C29H28N2O4/c1-3-4-7-16-33-25-9-6-5-8-22(25)27-23-15-14-21(17-26(23)35-28(31)24(27)18-30)34-29(32)20-12-10-19(2)11-13-20/h5-6,8-15,17,27H,3-4,7,16,31H2,1-2H3. The summed E-state index contributed by atoms with van der Waals surface area (Å²) in [6.07, 6.45) is 3.14. The lowest BCUT2D eigenvalue weighted by Crippen LogP contribution is -2.21. The number of aryl methyl sites for hydroxylation is 1. The van der Waals surface area contributed by atoms with Crippen LogP contribution in [0.3, 0.4) is 0 Å². The van der Waals surface area contributed by atoms with E-state index in [1.807, 2.05) is 43.3 Å². The van der Waals surface area contributed by atoms with E-state index in [4.69, 9.17) is 19.9 Å². The molecule has 3 aromatic carbocycles. The fourth-order valence-corrected chi connectivity index (χ4v) is 4.06. The topological polar surface area (TPSA) is 94.6 Å². The number of hydrogen-bond donors (Lipinski definition) is 1. The number of para-hydroxylation sites is 1. The number of hydrogen-bond acceptors (Lipinski definition) is 6. The van der Waals surface area contributed by atoms with Crippen LogP contribution in [0.15, 0.2) is 78.2 Å². The summed E-state index contributed by atoms with van der Waals surface area (Å²) in [6.45, 7) is 4.69. The van der Waals surface area contributed by atoms with Crippen LogP contribution in [0.2, 0.25) is 0 Å². The summed E-state index contributed by atoms with van der Waals surface area (Å²) in [7, 11) is 0. The molecular weight excluding hydrogens is 440 g/mol. The second-order valence-electron chi connectivity index (χ2n) is 8.47. The van der Waals surface area contributed by atoms with Crippen molar-refractivity contribution in [1.29, 1.82) is 5.26 Å². The van der Waals surface area contributed by atoms with E-state index >= 15 is 0 Å². The van der Waals surface area contributed by atoms with E-state index in [9.17, 15) is 10.1 Å². The minimum Gasteiger partial charge on any atom is -0.493 e. The maximum atomic E-state index is 12.6. The van der Waals surface area contributed by atoms with Crippen molar-refractivity contribution < 1.29 is 19.0 Å². The Labute approximate surface area is 205 Å². The highest BCUT2D eigenvalue weighted by Gasteiger charge is 2.33. The molecule has 4 rings (SSSR count). The van der Waals surface area contributed by atoms with Gasteiger partial charge < -0.3 is 19.9 Å². The summed E-state index contributed by atoms with van der Waals surface area (Å²) < 4.78 is 17.4. The SMILES string of the molecule is CCCCCOc1ccccc1C1C(C#N)=C(N)Oc2cc(OC(=O)c3ccc(C)cc3)ccc21. The van der Waals surface area contributed by atoms with E-state index in [0.29, 0.717) is 35.0 Å². The van der Waals surface area contributed by atoms with Crippen molar-refractivity contribution in [2.24, 2.45) is 5.73 Å². The third kappa shape index (κ3) is 5.30. The van der Waals surface area contributed by atoms with Crippen LogP contribution in [0.4, 0.5) is 0 Å². The lowest BCUT2D eigenvalue weighted by molar-refractivity contribution is 0.0734. The molecule has 6 nitrogen and oxygen atoms in total. The Morgan fingerprint density at radius 1 is 1.06 bits per heavy atom. The molecule has 1 atom stereocenters. The third-order valence-electron chi connectivity index (χ3n) is 5.92. The molecule has 0 radical (unpaired) electrons. The van der Waals surface area contributed by atoms with Gasteiger partial charge in [-0.2, -0.15) is 5.26 Å². The van der Waals surface area contributed by atoms with Crippen molar-refractivity contribution in [3.05, 3.63) is 100 Å². The first-order chi connectivity index (χ1) is 17.0. The Balaban J connectivity index is 1.65. The highest BCUT2D eigenvalue weighted by Crippen LogP contribution is 2.45. The first-order valence-electron chi connectivity index (χ1n) is 11.7. The molecule has 1 unspecified atom stereocenters. The predicted molar refractivity (Wildman–Crippen MR) is 133 cm³/mol. The molecule has 0 saturated carbocycles. The molecular formula is C29H28N2O4. The predicted octanol–water partition coefficient (Wildman–Crippen LogP) is 6.00. The molecule has 0 amide bonds. The van der Waals surface area contributed by atoms with Gasteiger partial charge in [0.15, 0.2) is 0 Å². The molecule has 3 aromatic rings. The molecule has 0 aliphatic carbocycles. The van der Waals surface area contributed by atoms with E-state index in [1.54, 1.807) is 30.3 Å². The molecule has 1 aliphatic rings. The number of fused-ring (bicyclic) bond motifs is 1. The minimum absolute atomic E-state index is 0.0211. The number of carbonyl (C=O) groups is 1. The fraction of sp³-hybridized carbons (Fsp3) is 0.241. The number of nitriles is 1. The van der Waals surface area contributed by atoms with Crippen molar-refractivity contribution in [2.45, 2.75) is 39.0 Å². The van der Waals surface area contributed by atoms with Gasteiger partial charge in [-0.15, -0.1) is 0 Å². The van der Waals surface area contributed by atoms with Gasteiger partial charge in [-0.05, 0) is 37.6 Å². The molecule has 0 aromatic heterocycles. The average molecular weight is 469 g/mol. The number of nitrogens with zero attached hydrogens (tertiary/aromatic N) is 1. The quantitative estimate of drug-likeness (QED) is 0.247. The van der Waals surface area contributed by atoms with Gasteiger partial charge in [0.25, 0.3) is 0 Å². The second-order valence-corrected chi connectivity index (χ2v) is 8.47. The Hall–Kier alpha value is -4.24. The van der Waals surface area contributed by atoms with Crippen LogP contribution < -0.4 is 19.9 Å². The zero-order valence-electron chi connectivity index (χ0n) is 19.9. The van der Waals surface area contributed by atoms with E-state index in [2.05, 4.69) is 13.0 Å². The van der Waals surface area contributed by atoms with Crippen LogP contribution >= 0.6 is 0 Å². The van der Waals surface area contributed by atoms with E-state index in [1.165, 1.54) is 0 Å². The van der Waals surface area contributed by atoms with Crippen molar-refractivity contribution in [3.8, 4) is 23.3 Å². The number of esters is 1. The van der Waals surface area contributed by atoms with Gasteiger partial charge in [0.1, 0.15) is 28.9 Å². The number of ether oxygens (including phenoxy) is 3. The lowest BCUT2D eigenvalue weighted by Gasteiger charge is -2.28. The van der Waals surface area contributed by atoms with Crippen molar-refractivity contribution in [1.82, 2.24) is 0 Å². The van der Waals surface area contributed by atoms with Gasteiger partial charge in [0, 0.05) is 17.2 Å². The number of allylic oxidation sites excluding steroid dienone is 1. The van der Waals surface area contributed by atoms with Gasteiger partial charge in [0.2, 0.25) is 5.88 Å². The van der Waals surface area contributed by atoms with Gasteiger partial charge in [-0.25, -0.2) is 4.79 Å². The van der Waals surface area contributed by atoms with Crippen LogP contribution in [0.25, 0.3) is 0 Å². The number of rotatable bonds is 8. The summed E-state index contributed by atoms with van der Waals surface area (Å²) >= 11 is 0. The molecule has 0 fully saturated rings. The number of carbonyl (C=O) groups excluding carboxylic acids is 1. The van der Waals surface area contributed by atoms with Crippen molar-refractivity contribution in [3.63, 3.8) is 0 Å². The van der Waals surface area contributed by atoms with Gasteiger partial charge in [-0.3, -0.25) is 0 Å². The Morgan fingerprint density at radius 2 is 1.83 bits per heavy atom. The van der Waals surface area contributed by atoms with Gasteiger partial charge in [-0.1, -0.05) is 61.7 Å². The first-order valence-corrected chi connectivity index (χ1v) is 11.7. The molecule has 0 bridgehead atoms. The summed E-state index contributed by atoms with van der Waals surface area (Å²) in [6, 6.07) is 22.1. The number of benzene rings is 3. The first kappa shape index (κ1) is 23.9. The zero-order valence-corrected chi connectivity index (χ0v) is 19.9. The summed E-state index contributed by atoms with van der Waals surface area (Å²) in [5.41, 5.74) is 9.56. The maximum Gasteiger partial charge on any atom is 0.343 e. The van der Waals surface area contributed by atoms with Crippen LogP contribution in [0, 0.1) is 18.3 Å². The number of nitrogens with two attached hydrogens (primary N) is 1. The average Bonchev–Trinajstić information content (AvgIpc) is 2.86. The third-order valence-corrected chi connectivity index (χ3v) is 5.92. The van der Waals surface area contributed by atoms with E-state index in [-0.39, 0.29) is 5.88 Å². The maximum absolute atomic E-state index is 12.6. The Kier molecular flexibility index (Phi) is 7.37. The largest absolute Gasteiger partial charge is 0.493 e. The molecule has 1 aliphatic heterocycles. The molecule has 2 N–H and O–H groups in total. The summed E-state index contributed by atoms with van der Waals surface area (Å²) in [5.74, 6) is 0.550. The van der Waals surface area contributed by atoms with E-state index < -0.39 is 11.9 Å². The van der Waals surface area contributed by atoms with Gasteiger partial charge in [0.05, 0.1) is 18.1 Å². The van der Waals surface area contributed by atoms with Crippen LogP contribution in [-0.4, -0.2) is 12.6 Å². The zero-order chi connectivity index (χ0) is 24.8. The van der Waals surface area contributed by atoms with E-state index in [0.717, 1.165) is 36.0 Å². The minimum atomic E-state index is -0.468. The molecule has 0 spiro atoms. The lowest BCUT2D eigenvalue weighted by atomic mass is 9.83. The second kappa shape index (κ2) is 10.8. The van der Waals surface area contributed by atoms with Crippen LogP contribution in [0.5, 0.6) is 17.2 Å². The Morgan fingerprint density at radius 3 is 2.57 bits per heavy atom. The molecule has 35 heavy (non-hydrogen) atoms. The highest BCUT2D eigenvalue weighted by molar-refractivity contribution is 5.91. The fourth-order valence-electron chi connectivity index (χ4n) is 4.06. The van der Waals surface area contributed by atoms with Crippen LogP contribution in [-0.2, 0) is 0 Å². The summed E-state index contributed by atoms with van der Waals surface area (Å²) in [4.78, 5) is 12.6. The molecule has 178 valence electrons. The van der Waals surface area contributed by atoms with Crippen molar-refractivity contribution in [2.75, 3.05) is 6.61 Å². The normalized spacial score (nSPS) is 14.5. The Bertz CT molecular complexity index is 1290. The van der Waals surface area contributed by atoms with Crippen LogP contribution in [0.1, 0.15) is 59.2 Å². The molecule has 6 heteroatoms. The van der Waals surface area contributed by atoms with Crippen molar-refractivity contribution >= 4 is 5.97 Å².